The van der Waals surface area contributed by atoms with Crippen LogP contribution in [0.25, 0.3) is 0 Å². The van der Waals surface area contributed by atoms with Gasteiger partial charge in [-0.2, -0.15) is 0 Å². The Kier molecular flexibility index (Phi) is 5.22. The molecule has 0 bridgehead atoms. The second-order valence-corrected chi connectivity index (χ2v) is 4.61. The smallest absolute Gasteiger partial charge is 0.350 e. The fourth-order valence-corrected chi connectivity index (χ4v) is 2.26. The Labute approximate surface area is 106 Å². The number of nitrogens with zero attached hydrogens (tertiary/aromatic N) is 1. The minimum Gasteiger partial charge on any atom is -0.462 e. The fraction of sp³-hybridized carbons (Fsp3) is 0.385. The molecule has 0 unspecified atom stereocenters. The lowest BCUT2D eigenvalue weighted by molar-refractivity contribution is -0.134. The zero-order valence-electron chi connectivity index (χ0n) is 10.6. The molecule has 0 radical (unpaired) electrons. The van der Waals surface area contributed by atoms with Crippen molar-refractivity contribution in [3.8, 4) is 0 Å². The van der Waals surface area contributed by atoms with E-state index in [9.17, 15) is 4.79 Å². The van der Waals surface area contributed by atoms with Gasteiger partial charge in [-0.25, -0.2) is 9.19 Å². The lowest BCUT2D eigenvalue weighted by Crippen LogP contribution is -2.04. The van der Waals surface area contributed by atoms with Gasteiger partial charge in [0.05, 0.1) is 6.61 Å². The van der Waals surface area contributed by atoms with Gasteiger partial charge in [0, 0.05) is 16.8 Å². The summed E-state index contributed by atoms with van der Waals surface area (Å²) in [5.74, 6) is -0.401. The molecule has 0 aliphatic carbocycles. The number of aryl methyl sites for hydroxylation is 3. The SMILES string of the molecule is CCOC(=O)C=NSc1c(C)cc(C)cc1C. The van der Waals surface area contributed by atoms with Crippen LogP contribution in [-0.4, -0.2) is 18.8 Å². The molecule has 1 aromatic carbocycles. The molecule has 0 amide bonds. The van der Waals surface area contributed by atoms with E-state index in [1.165, 1.54) is 34.9 Å². The van der Waals surface area contributed by atoms with Crippen LogP contribution in [0.2, 0.25) is 0 Å². The average Bonchev–Trinajstić information content (AvgIpc) is 2.22. The van der Waals surface area contributed by atoms with Crippen molar-refractivity contribution in [1.82, 2.24) is 0 Å². The second kappa shape index (κ2) is 6.45. The molecule has 0 N–H and O–H groups in total. The van der Waals surface area contributed by atoms with Gasteiger partial charge in [0.15, 0.2) is 0 Å². The van der Waals surface area contributed by atoms with Crippen LogP contribution < -0.4 is 0 Å². The Morgan fingerprint density at radius 3 is 2.47 bits per heavy atom. The number of esters is 1. The molecule has 1 aromatic rings. The summed E-state index contributed by atoms with van der Waals surface area (Å²) in [6, 6.07) is 4.21. The van der Waals surface area contributed by atoms with Crippen LogP contribution >= 0.6 is 11.9 Å². The first-order chi connectivity index (χ1) is 8.04. The topological polar surface area (TPSA) is 38.7 Å². The highest BCUT2D eigenvalue weighted by Crippen LogP contribution is 2.27. The average molecular weight is 251 g/mol. The predicted molar refractivity (Wildman–Crippen MR) is 71.6 cm³/mol. The Morgan fingerprint density at radius 2 is 1.94 bits per heavy atom. The Balaban J connectivity index is 2.73. The molecule has 0 fully saturated rings. The van der Waals surface area contributed by atoms with Crippen molar-refractivity contribution in [1.29, 1.82) is 0 Å². The second-order valence-electron chi connectivity index (χ2n) is 3.81. The number of carbonyl (C=O) groups excluding carboxylic acids is 1. The number of hydrogen-bond acceptors (Lipinski definition) is 4. The molecule has 0 heterocycles. The van der Waals surface area contributed by atoms with E-state index >= 15 is 0 Å². The van der Waals surface area contributed by atoms with Crippen molar-refractivity contribution >= 4 is 24.1 Å². The van der Waals surface area contributed by atoms with Gasteiger partial charge < -0.3 is 4.74 Å². The third kappa shape index (κ3) is 4.23. The molecule has 0 aromatic heterocycles. The maximum Gasteiger partial charge on any atom is 0.350 e. The first-order valence-electron chi connectivity index (χ1n) is 5.49. The van der Waals surface area contributed by atoms with E-state index in [4.69, 9.17) is 4.74 Å². The quantitative estimate of drug-likeness (QED) is 0.468. The Bertz CT molecular complexity index is 418. The van der Waals surface area contributed by atoms with Crippen molar-refractivity contribution in [2.75, 3.05) is 6.61 Å². The molecule has 0 aliphatic rings. The van der Waals surface area contributed by atoms with Gasteiger partial charge in [0.25, 0.3) is 0 Å². The summed E-state index contributed by atoms with van der Waals surface area (Å²) in [6.45, 7) is 8.30. The van der Waals surface area contributed by atoms with Gasteiger partial charge in [0.2, 0.25) is 0 Å². The molecular formula is C13H17NO2S. The highest BCUT2D eigenvalue weighted by molar-refractivity contribution is 7.98. The number of carbonyl (C=O) groups is 1. The van der Waals surface area contributed by atoms with Gasteiger partial charge in [-0.1, -0.05) is 17.7 Å². The normalized spacial score (nSPS) is 10.8. The molecule has 0 spiro atoms. The van der Waals surface area contributed by atoms with Crippen LogP contribution in [0.15, 0.2) is 21.4 Å². The van der Waals surface area contributed by atoms with Gasteiger partial charge in [-0.05, 0) is 38.8 Å². The number of rotatable bonds is 4. The minimum absolute atomic E-state index is 0.373. The first kappa shape index (κ1) is 13.8. The van der Waals surface area contributed by atoms with E-state index in [0.717, 1.165) is 4.90 Å². The van der Waals surface area contributed by atoms with E-state index in [2.05, 4.69) is 23.5 Å². The van der Waals surface area contributed by atoms with Gasteiger partial charge in [-0.15, -0.1) is 0 Å². The first-order valence-corrected chi connectivity index (χ1v) is 6.27. The molecule has 3 nitrogen and oxygen atoms in total. The lowest BCUT2D eigenvalue weighted by atomic mass is 10.1. The Hall–Kier alpha value is -1.29. The summed E-state index contributed by atoms with van der Waals surface area (Å²) >= 11 is 1.31. The number of hydrogen-bond donors (Lipinski definition) is 0. The zero-order valence-corrected chi connectivity index (χ0v) is 11.4. The van der Waals surface area contributed by atoms with E-state index in [1.807, 2.05) is 13.8 Å². The van der Waals surface area contributed by atoms with E-state index in [0.29, 0.717) is 6.61 Å². The van der Waals surface area contributed by atoms with Crippen LogP contribution in [-0.2, 0) is 9.53 Å². The summed E-state index contributed by atoms with van der Waals surface area (Å²) in [7, 11) is 0. The standard InChI is InChI=1S/C13H17NO2S/c1-5-16-12(15)8-14-17-13-10(3)6-9(2)7-11(13)4/h6-8H,5H2,1-4H3. The van der Waals surface area contributed by atoms with E-state index in [-0.39, 0.29) is 0 Å². The minimum atomic E-state index is -0.401. The van der Waals surface area contributed by atoms with Crippen molar-refractivity contribution in [3.05, 3.63) is 28.8 Å². The third-order valence-electron chi connectivity index (χ3n) is 2.19. The van der Waals surface area contributed by atoms with Gasteiger partial charge in [0.1, 0.15) is 6.21 Å². The molecule has 92 valence electrons. The summed E-state index contributed by atoms with van der Waals surface area (Å²) in [6.07, 6.45) is 1.22. The molecule has 0 saturated heterocycles. The van der Waals surface area contributed by atoms with Crippen LogP contribution in [0.4, 0.5) is 0 Å². The number of benzene rings is 1. The fourth-order valence-electron chi connectivity index (χ4n) is 1.61. The number of ether oxygens (including phenoxy) is 1. The molecular weight excluding hydrogens is 234 g/mol. The van der Waals surface area contributed by atoms with Gasteiger partial charge in [-0.3, -0.25) is 0 Å². The third-order valence-corrected chi connectivity index (χ3v) is 3.23. The van der Waals surface area contributed by atoms with Gasteiger partial charge >= 0.3 is 5.97 Å². The molecule has 4 heteroatoms. The van der Waals surface area contributed by atoms with E-state index < -0.39 is 5.97 Å². The summed E-state index contributed by atoms with van der Waals surface area (Å²) in [5.41, 5.74) is 3.58. The molecule has 0 saturated carbocycles. The van der Waals surface area contributed by atoms with Crippen molar-refractivity contribution in [3.63, 3.8) is 0 Å². The lowest BCUT2D eigenvalue weighted by Gasteiger charge is -2.07. The van der Waals surface area contributed by atoms with Crippen molar-refractivity contribution in [2.24, 2.45) is 4.40 Å². The summed E-state index contributed by atoms with van der Waals surface area (Å²) < 4.78 is 8.79. The maximum absolute atomic E-state index is 11.1. The highest BCUT2D eigenvalue weighted by Gasteiger charge is 2.04. The van der Waals surface area contributed by atoms with Crippen LogP contribution in [0.3, 0.4) is 0 Å². The predicted octanol–water partition coefficient (Wildman–Crippen LogP) is 3.25. The molecule has 1 rings (SSSR count). The largest absolute Gasteiger partial charge is 0.462 e. The van der Waals surface area contributed by atoms with E-state index in [1.54, 1.807) is 6.92 Å². The molecule has 0 aliphatic heterocycles. The zero-order chi connectivity index (χ0) is 12.8. The summed E-state index contributed by atoms with van der Waals surface area (Å²) in [4.78, 5) is 12.2. The van der Waals surface area contributed by atoms with Crippen molar-refractivity contribution in [2.45, 2.75) is 32.6 Å². The monoisotopic (exact) mass is 251 g/mol. The highest BCUT2D eigenvalue weighted by atomic mass is 32.2. The van der Waals surface area contributed by atoms with Crippen LogP contribution in [0, 0.1) is 20.8 Å². The van der Waals surface area contributed by atoms with Crippen LogP contribution in [0.5, 0.6) is 0 Å². The van der Waals surface area contributed by atoms with Crippen molar-refractivity contribution < 1.29 is 9.53 Å². The molecule has 0 atom stereocenters. The maximum atomic E-state index is 11.1. The summed E-state index contributed by atoms with van der Waals surface area (Å²) in [5, 5.41) is 0. The van der Waals surface area contributed by atoms with Crippen LogP contribution in [0.1, 0.15) is 23.6 Å². The Morgan fingerprint density at radius 1 is 1.35 bits per heavy atom. The molecule has 17 heavy (non-hydrogen) atoms.